The summed E-state index contributed by atoms with van der Waals surface area (Å²) in [6.07, 6.45) is 0.455. The van der Waals surface area contributed by atoms with Gasteiger partial charge in [0.15, 0.2) is 0 Å². The summed E-state index contributed by atoms with van der Waals surface area (Å²) < 4.78 is 0. The second kappa shape index (κ2) is 6.42. The monoisotopic (exact) mass is 386 g/mol. The van der Waals surface area contributed by atoms with Crippen molar-refractivity contribution < 1.29 is 0 Å². The Bertz CT molecular complexity index is 1340. The number of nitrogens with one attached hydrogen (secondary N) is 2. The van der Waals surface area contributed by atoms with Crippen molar-refractivity contribution >= 4 is 32.6 Å². The Hall–Kier alpha value is -3.25. The Morgan fingerprint density at radius 3 is 2.46 bits per heavy atom. The molecule has 0 aliphatic rings. The molecule has 2 aromatic carbocycles. The predicted octanol–water partition coefficient (Wildman–Crippen LogP) is 4.74. The number of aromatic nitrogens is 4. The first kappa shape index (κ1) is 16.9. The fourth-order valence-electron chi connectivity index (χ4n) is 3.56. The van der Waals surface area contributed by atoms with Gasteiger partial charge in [0, 0.05) is 10.4 Å². The van der Waals surface area contributed by atoms with E-state index in [9.17, 15) is 4.79 Å². The van der Waals surface area contributed by atoms with E-state index in [1.54, 1.807) is 11.3 Å². The van der Waals surface area contributed by atoms with E-state index in [1.807, 2.05) is 31.2 Å². The minimum absolute atomic E-state index is 0.101. The van der Waals surface area contributed by atoms with E-state index >= 15 is 0 Å². The van der Waals surface area contributed by atoms with Crippen LogP contribution in [0, 0.1) is 13.8 Å². The van der Waals surface area contributed by atoms with Crippen LogP contribution in [0.4, 0.5) is 0 Å². The van der Waals surface area contributed by atoms with Gasteiger partial charge in [0.05, 0.1) is 22.8 Å². The molecule has 3 aromatic heterocycles. The zero-order valence-corrected chi connectivity index (χ0v) is 16.4. The molecule has 0 amide bonds. The highest BCUT2D eigenvalue weighted by molar-refractivity contribution is 7.19. The lowest BCUT2D eigenvalue weighted by molar-refractivity contribution is 0.924. The third-order valence-corrected chi connectivity index (χ3v) is 5.90. The molecule has 0 fully saturated rings. The van der Waals surface area contributed by atoms with Crippen LogP contribution in [0.5, 0.6) is 0 Å². The smallest absolute Gasteiger partial charge is 0.260 e. The van der Waals surface area contributed by atoms with Gasteiger partial charge < -0.3 is 9.97 Å². The highest BCUT2D eigenvalue weighted by Crippen LogP contribution is 2.35. The maximum atomic E-state index is 12.9. The summed E-state index contributed by atoms with van der Waals surface area (Å²) in [6.45, 7) is 4.10. The van der Waals surface area contributed by atoms with Gasteiger partial charge in [0.2, 0.25) is 0 Å². The summed E-state index contributed by atoms with van der Waals surface area (Å²) in [6, 6.07) is 16.1. The van der Waals surface area contributed by atoms with Crippen LogP contribution in [0.2, 0.25) is 0 Å². The number of imidazole rings is 1. The molecule has 0 atom stereocenters. The number of benzene rings is 2. The SMILES string of the molecule is Cc1ccc(-c2c(C)sc3nc(Cc4nc5ccccc5[nH]4)[nH]c(=O)c23)cc1. The van der Waals surface area contributed by atoms with E-state index in [0.29, 0.717) is 17.6 Å². The van der Waals surface area contributed by atoms with Gasteiger partial charge in [-0.25, -0.2) is 9.97 Å². The highest BCUT2D eigenvalue weighted by atomic mass is 32.1. The van der Waals surface area contributed by atoms with Crippen LogP contribution in [-0.4, -0.2) is 19.9 Å². The molecule has 5 nitrogen and oxygen atoms in total. The van der Waals surface area contributed by atoms with E-state index in [-0.39, 0.29) is 5.56 Å². The number of rotatable bonds is 3. The Kier molecular flexibility index (Phi) is 3.87. The lowest BCUT2D eigenvalue weighted by atomic mass is 10.0. The van der Waals surface area contributed by atoms with Crippen molar-refractivity contribution in [3.05, 3.63) is 81.0 Å². The van der Waals surface area contributed by atoms with Crippen molar-refractivity contribution in [1.82, 2.24) is 19.9 Å². The molecule has 0 saturated heterocycles. The number of H-pyrrole nitrogens is 2. The van der Waals surface area contributed by atoms with Crippen molar-refractivity contribution in [3.63, 3.8) is 0 Å². The molecule has 2 N–H and O–H groups in total. The van der Waals surface area contributed by atoms with Crippen LogP contribution in [-0.2, 0) is 6.42 Å². The third kappa shape index (κ3) is 2.82. The Labute approximate surface area is 165 Å². The summed E-state index contributed by atoms with van der Waals surface area (Å²) in [5, 5.41) is 0.666. The molecule has 0 unspecified atom stereocenters. The third-order valence-electron chi connectivity index (χ3n) is 4.90. The Morgan fingerprint density at radius 2 is 1.68 bits per heavy atom. The molecule has 0 bridgehead atoms. The maximum Gasteiger partial charge on any atom is 0.260 e. The number of aromatic amines is 2. The highest BCUT2D eigenvalue weighted by Gasteiger charge is 2.17. The molecule has 0 spiro atoms. The quantitative estimate of drug-likeness (QED) is 0.470. The maximum absolute atomic E-state index is 12.9. The number of nitrogens with zero attached hydrogens (tertiary/aromatic N) is 2. The van der Waals surface area contributed by atoms with Crippen LogP contribution in [0.25, 0.3) is 32.4 Å². The molecule has 138 valence electrons. The van der Waals surface area contributed by atoms with Crippen LogP contribution in [0.15, 0.2) is 53.3 Å². The van der Waals surface area contributed by atoms with Crippen LogP contribution in [0.1, 0.15) is 22.1 Å². The minimum Gasteiger partial charge on any atom is -0.342 e. The lowest BCUT2D eigenvalue weighted by Gasteiger charge is -2.03. The van der Waals surface area contributed by atoms with E-state index < -0.39 is 0 Å². The zero-order valence-electron chi connectivity index (χ0n) is 15.5. The van der Waals surface area contributed by atoms with E-state index in [2.05, 4.69) is 46.1 Å². The molecule has 5 aromatic rings. The minimum atomic E-state index is -0.101. The summed E-state index contributed by atoms with van der Waals surface area (Å²) in [4.78, 5) is 30.3. The summed E-state index contributed by atoms with van der Waals surface area (Å²) >= 11 is 1.56. The normalized spacial score (nSPS) is 11.5. The molecule has 6 heteroatoms. The first-order valence-electron chi connectivity index (χ1n) is 9.11. The zero-order chi connectivity index (χ0) is 19.3. The first-order chi connectivity index (χ1) is 13.6. The lowest BCUT2D eigenvalue weighted by Crippen LogP contribution is -2.12. The molecule has 0 saturated carbocycles. The standard InChI is InChI=1S/C22H18N4OS/c1-12-7-9-14(10-8-12)19-13(2)28-22-20(19)21(27)25-18(26-22)11-17-23-15-5-3-4-6-16(15)24-17/h3-10H,11H2,1-2H3,(H,23,24)(H,25,26,27). The van der Waals surface area contributed by atoms with Crippen molar-refractivity contribution in [1.29, 1.82) is 0 Å². The first-order valence-corrected chi connectivity index (χ1v) is 9.93. The van der Waals surface area contributed by atoms with Gasteiger partial charge in [-0.1, -0.05) is 42.0 Å². The average molecular weight is 386 g/mol. The van der Waals surface area contributed by atoms with Crippen LogP contribution in [0.3, 0.4) is 0 Å². The molecular weight excluding hydrogens is 368 g/mol. The summed E-state index contributed by atoms with van der Waals surface area (Å²) in [5.41, 5.74) is 5.01. The van der Waals surface area contributed by atoms with E-state index in [1.165, 1.54) is 5.56 Å². The Morgan fingerprint density at radius 1 is 0.929 bits per heavy atom. The number of para-hydroxylation sites is 2. The average Bonchev–Trinajstić information content (AvgIpc) is 3.22. The van der Waals surface area contributed by atoms with Crippen molar-refractivity contribution in [2.45, 2.75) is 20.3 Å². The predicted molar refractivity (Wildman–Crippen MR) is 114 cm³/mol. The van der Waals surface area contributed by atoms with E-state index in [4.69, 9.17) is 4.98 Å². The van der Waals surface area contributed by atoms with Gasteiger partial charge in [0.25, 0.3) is 5.56 Å². The second-order valence-electron chi connectivity index (χ2n) is 6.97. The number of hydrogen-bond acceptors (Lipinski definition) is 4. The summed E-state index contributed by atoms with van der Waals surface area (Å²) in [7, 11) is 0. The number of aryl methyl sites for hydroxylation is 2. The molecule has 0 aliphatic heterocycles. The molecule has 28 heavy (non-hydrogen) atoms. The molecular formula is C22H18N4OS. The molecule has 0 aliphatic carbocycles. The number of thiophene rings is 1. The van der Waals surface area contributed by atoms with Gasteiger partial charge >= 0.3 is 0 Å². The molecule has 0 radical (unpaired) electrons. The topological polar surface area (TPSA) is 74.4 Å². The van der Waals surface area contributed by atoms with E-state index in [0.717, 1.165) is 37.7 Å². The van der Waals surface area contributed by atoms with Crippen molar-refractivity contribution in [2.24, 2.45) is 0 Å². The Balaban J connectivity index is 1.59. The van der Waals surface area contributed by atoms with Gasteiger partial charge in [-0.2, -0.15) is 0 Å². The van der Waals surface area contributed by atoms with Gasteiger partial charge in [-0.15, -0.1) is 11.3 Å². The molecule has 5 rings (SSSR count). The number of fused-ring (bicyclic) bond motifs is 2. The summed E-state index contributed by atoms with van der Waals surface area (Å²) in [5.74, 6) is 1.41. The fraction of sp³-hybridized carbons (Fsp3) is 0.136. The van der Waals surface area contributed by atoms with Crippen LogP contribution >= 0.6 is 11.3 Å². The fourth-order valence-corrected chi connectivity index (χ4v) is 4.63. The number of hydrogen-bond donors (Lipinski definition) is 2. The van der Waals surface area contributed by atoms with Crippen molar-refractivity contribution in [2.75, 3.05) is 0 Å². The molecule has 3 heterocycles. The van der Waals surface area contributed by atoms with Gasteiger partial charge in [-0.3, -0.25) is 4.79 Å². The largest absolute Gasteiger partial charge is 0.342 e. The van der Waals surface area contributed by atoms with Gasteiger partial charge in [0.1, 0.15) is 16.5 Å². The van der Waals surface area contributed by atoms with Crippen molar-refractivity contribution in [3.8, 4) is 11.1 Å². The van der Waals surface area contributed by atoms with Gasteiger partial charge in [-0.05, 0) is 31.5 Å². The second-order valence-corrected chi connectivity index (χ2v) is 8.17. The van der Waals surface area contributed by atoms with Crippen LogP contribution < -0.4 is 5.56 Å².